The Hall–Kier alpha value is -4.34. The second-order valence-electron chi connectivity index (χ2n) is 18.9. The highest BCUT2D eigenvalue weighted by Gasteiger charge is 2.22. The van der Waals surface area contributed by atoms with Crippen LogP contribution in [0.4, 0.5) is 0 Å². The van der Waals surface area contributed by atoms with E-state index in [-0.39, 0.29) is 69.0 Å². The van der Waals surface area contributed by atoms with Crippen LogP contribution >= 0.6 is 0 Å². The zero-order chi connectivity index (χ0) is 54.7. The number of aliphatic hydroxyl groups is 1. The number of carboxylic acid groups (broad SMARTS) is 3. The average molecular weight is 1060 g/mol. The first-order valence-corrected chi connectivity index (χ1v) is 27.7. The van der Waals surface area contributed by atoms with Crippen LogP contribution in [0.3, 0.4) is 0 Å². The summed E-state index contributed by atoms with van der Waals surface area (Å²) in [6.07, 6.45) is 27.7. The molecule has 428 valence electrons. The molecule has 0 saturated heterocycles. The molecule has 0 aliphatic carbocycles. The van der Waals surface area contributed by atoms with Crippen LogP contribution in [0.15, 0.2) is 12.5 Å². The average Bonchev–Trinajstić information content (AvgIpc) is 3.90. The first-order chi connectivity index (χ1) is 35.8. The fourth-order valence-electron chi connectivity index (χ4n) is 7.85. The van der Waals surface area contributed by atoms with E-state index in [4.69, 9.17) is 24.1 Å². The minimum Gasteiger partial charge on any atom is -0.481 e. The number of ketones is 2. The quantitative estimate of drug-likeness (QED) is 0.0301. The summed E-state index contributed by atoms with van der Waals surface area (Å²) >= 11 is 0. The summed E-state index contributed by atoms with van der Waals surface area (Å²) in [7, 11) is 1.54. The molecule has 74 heavy (non-hydrogen) atoms. The van der Waals surface area contributed by atoms with Gasteiger partial charge in [-0.25, -0.2) is 4.98 Å². The minimum atomic E-state index is -0.992. The molecular formula is C54H97N5O15. The Morgan fingerprint density at radius 3 is 1.68 bits per heavy atom. The molecule has 0 fully saturated rings. The van der Waals surface area contributed by atoms with Crippen molar-refractivity contribution in [2.45, 2.75) is 205 Å². The maximum atomic E-state index is 12.0. The molecule has 20 nitrogen and oxygen atoms in total. The molecule has 0 aliphatic rings. The molecule has 1 aromatic rings. The molecule has 0 saturated carbocycles. The number of rotatable bonds is 53. The van der Waals surface area contributed by atoms with Gasteiger partial charge in [-0.05, 0) is 51.4 Å². The molecule has 0 aromatic carbocycles. The van der Waals surface area contributed by atoms with Crippen molar-refractivity contribution in [1.29, 1.82) is 0 Å². The second-order valence-corrected chi connectivity index (χ2v) is 18.9. The van der Waals surface area contributed by atoms with E-state index in [1.54, 1.807) is 12.5 Å². The SMILES string of the molecule is CCCOCCOCC(=O)NCCOCCOCC(=O)CCCCC[C@H](NCC(=O)CCc1cnc[nH]1)C(=O)O.CNC(=O)CCC(CC(O)CCCCCCCCCCCCCCCCCCC(=O)O)C(=O)O. The number of aromatic nitrogens is 2. The van der Waals surface area contributed by atoms with Crippen LogP contribution in [-0.4, -0.2) is 157 Å². The molecule has 20 heteroatoms. The summed E-state index contributed by atoms with van der Waals surface area (Å²) in [6, 6.07) is -0.799. The van der Waals surface area contributed by atoms with Crippen molar-refractivity contribution in [2.24, 2.45) is 5.92 Å². The number of imidazole rings is 1. The first kappa shape index (κ1) is 69.7. The van der Waals surface area contributed by atoms with Crippen molar-refractivity contribution >= 4 is 41.3 Å². The lowest BCUT2D eigenvalue weighted by Gasteiger charge is -2.16. The van der Waals surface area contributed by atoms with E-state index in [0.717, 1.165) is 50.6 Å². The van der Waals surface area contributed by atoms with Crippen LogP contribution in [-0.2, 0) is 58.9 Å². The normalized spacial score (nSPS) is 12.3. The number of aliphatic carboxylic acids is 3. The van der Waals surface area contributed by atoms with Crippen molar-refractivity contribution < 1.29 is 72.9 Å². The number of ether oxygens (including phenoxy) is 4. The molecule has 0 spiro atoms. The molecule has 0 bridgehead atoms. The van der Waals surface area contributed by atoms with E-state index in [0.29, 0.717) is 97.4 Å². The lowest BCUT2D eigenvalue weighted by atomic mass is 9.93. The minimum absolute atomic E-state index is 0.000624. The van der Waals surface area contributed by atoms with E-state index in [1.165, 1.54) is 71.3 Å². The van der Waals surface area contributed by atoms with Gasteiger partial charge < -0.3 is 55.0 Å². The predicted octanol–water partition coefficient (Wildman–Crippen LogP) is 7.14. The summed E-state index contributed by atoms with van der Waals surface area (Å²) in [6.45, 7) is 4.79. The number of hydrogen-bond donors (Lipinski definition) is 8. The van der Waals surface area contributed by atoms with Gasteiger partial charge in [0, 0.05) is 57.8 Å². The van der Waals surface area contributed by atoms with Gasteiger partial charge in [0.05, 0.1) is 57.9 Å². The first-order valence-electron chi connectivity index (χ1n) is 27.7. The van der Waals surface area contributed by atoms with Crippen LogP contribution < -0.4 is 16.0 Å². The number of amides is 2. The van der Waals surface area contributed by atoms with E-state index < -0.39 is 36.0 Å². The lowest BCUT2D eigenvalue weighted by molar-refractivity contribution is -0.143. The highest BCUT2D eigenvalue weighted by Crippen LogP contribution is 2.19. The van der Waals surface area contributed by atoms with Gasteiger partial charge in [-0.3, -0.25) is 38.9 Å². The summed E-state index contributed by atoms with van der Waals surface area (Å²) in [5, 5.41) is 45.4. The number of aryl methyl sites for hydroxylation is 1. The molecule has 8 N–H and O–H groups in total. The monoisotopic (exact) mass is 1060 g/mol. The van der Waals surface area contributed by atoms with Gasteiger partial charge >= 0.3 is 17.9 Å². The van der Waals surface area contributed by atoms with Crippen molar-refractivity contribution in [3.8, 4) is 0 Å². The molecule has 1 heterocycles. The summed E-state index contributed by atoms with van der Waals surface area (Å²) in [4.78, 5) is 86.9. The number of carbonyl (C=O) groups is 7. The highest BCUT2D eigenvalue weighted by molar-refractivity contribution is 5.82. The summed E-state index contributed by atoms with van der Waals surface area (Å²) in [5.74, 6) is -3.75. The van der Waals surface area contributed by atoms with Crippen molar-refractivity contribution in [3.63, 3.8) is 0 Å². The number of aliphatic hydroxyl groups excluding tert-OH is 1. The Morgan fingerprint density at radius 1 is 0.581 bits per heavy atom. The van der Waals surface area contributed by atoms with Gasteiger partial charge in [-0.15, -0.1) is 0 Å². The van der Waals surface area contributed by atoms with Crippen LogP contribution in [0, 0.1) is 5.92 Å². The van der Waals surface area contributed by atoms with Gasteiger partial charge in [0.1, 0.15) is 25.0 Å². The van der Waals surface area contributed by atoms with E-state index >= 15 is 0 Å². The predicted molar refractivity (Wildman–Crippen MR) is 282 cm³/mol. The van der Waals surface area contributed by atoms with Crippen LogP contribution in [0.25, 0.3) is 0 Å². The fraction of sp³-hybridized carbons (Fsp3) is 0.815. The number of carboxylic acids is 3. The zero-order valence-corrected chi connectivity index (χ0v) is 45.2. The van der Waals surface area contributed by atoms with Gasteiger partial charge in [0.25, 0.3) is 0 Å². The Balaban J connectivity index is 0.00000146. The van der Waals surface area contributed by atoms with Gasteiger partial charge in [-0.2, -0.15) is 0 Å². The maximum Gasteiger partial charge on any atom is 0.320 e. The molecule has 1 aromatic heterocycles. The third kappa shape index (κ3) is 47.4. The molecule has 2 unspecified atom stereocenters. The fourth-order valence-corrected chi connectivity index (χ4v) is 7.85. The van der Waals surface area contributed by atoms with Gasteiger partial charge in [0.15, 0.2) is 5.78 Å². The Kier molecular flexibility index (Phi) is 47.8. The third-order valence-corrected chi connectivity index (χ3v) is 12.3. The second kappa shape index (κ2) is 50.8. The van der Waals surface area contributed by atoms with Crippen LogP contribution in [0.2, 0.25) is 0 Å². The number of hydrogen-bond acceptors (Lipinski definition) is 14. The maximum absolute atomic E-state index is 12.0. The Morgan fingerprint density at radius 2 is 1.12 bits per heavy atom. The molecule has 2 amide bonds. The number of unbranched alkanes of at least 4 members (excludes halogenated alkanes) is 17. The topological polar surface area (TPSA) is 302 Å². The highest BCUT2D eigenvalue weighted by atomic mass is 16.5. The van der Waals surface area contributed by atoms with Crippen LogP contribution in [0.1, 0.15) is 192 Å². The van der Waals surface area contributed by atoms with Crippen LogP contribution in [0.5, 0.6) is 0 Å². The number of Topliss-reactive ketones (excluding diaryl/α,β-unsaturated/α-hetero) is 2. The molecular weight excluding hydrogens is 959 g/mol. The van der Waals surface area contributed by atoms with Gasteiger partial charge in [-0.1, -0.05) is 116 Å². The van der Waals surface area contributed by atoms with E-state index in [2.05, 4.69) is 25.9 Å². The third-order valence-electron chi connectivity index (χ3n) is 12.3. The molecule has 0 radical (unpaired) electrons. The summed E-state index contributed by atoms with van der Waals surface area (Å²) in [5.41, 5.74) is 0.862. The standard InChI is InChI=1S/C27H46N4O9.C27H51NO6/c1-2-11-37-13-16-40-20-26(34)29-10-12-38-14-15-39-19-24(33)6-4-3-5-7-25(27(35)36)30-18-23(32)9-8-22-17-28-21-31-22;1-28-25(30)21-20-23(27(33)34)22-24(29)18-16-14-12-10-8-6-4-2-3-5-7-9-11-13-15-17-19-26(31)32/h17,21,25,30H,2-16,18-20H2,1H3,(H,28,31)(H,29,34)(H,35,36);23-24,29H,2-22H2,1H3,(H,28,30)(H,31,32)(H,33,34)/t25-;/m0./s1. The van der Waals surface area contributed by atoms with E-state index in [1.807, 2.05) is 6.92 Å². The number of aromatic amines is 1. The molecule has 3 atom stereocenters. The number of H-pyrrole nitrogens is 1. The van der Waals surface area contributed by atoms with Crippen molar-refractivity contribution in [3.05, 3.63) is 18.2 Å². The van der Waals surface area contributed by atoms with E-state index in [9.17, 15) is 48.9 Å². The Bertz CT molecular complexity index is 1570. The van der Waals surface area contributed by atoms with Gasteiger partial charge in [0.2, 0.25) is 11.8 Å². The lowest BCUT2D eigenvalue weighted by Crippen LogP contribution is -2.39. The number of carbonyl (C=O) groups excluding carboxylic acids is 4. The van der Waals surface area contributed by atoms with Crippen molar-refractivity contribution in [1.82, 2.24) is 25.9 Å². The molecule has 0 aliphatic heterocycles. The van der Waals surface area contributed by atoms with Crippen molar-refractivity contribution in [2.75, 3.05) is 73.0 Å². The Labute approximate surface area is 441 Å². The number of nitrogens with one attached hydrogen (secondary N) is 4. The smallest absolute Gasteiger partial charge is 0.320 e. The largest absolute Gasteiger partial charge is 0.481 e. The molecule has 1 rings (SSSR count). The zero-order valence-electron chi connectivity index (χ0n) is 45.2. The summed E-state index contributed by atoms with van der Waals surface area (Å²) < 4.78 is 21.1. The number of nitrogens with zero attached hydrogens (tertiary/aromatic N) is 1.